The number of aliphatic hydroxyl groups is 1. The van der Waals surface area contributed by atoms with Crippen LogP contribution in [0.1, 0.15) is 20.3 Å². The maximum absolute atomic E-state index is 13.6. The van der Waals surface area contributed by atoms with Crippen LogP contribution in [0.3, 0.4) is 0 Å². The van der Waals surface area contributed by atoms with Crippen molar-refractivity contribution in [1.82, 2.24) is 0 Å². The van der Waals surface area contributed by atoms with E-state index < -0.39 is 13.1 Å². The van der Waals surface area contributed by atoms with Crippen LogP contribution in [0.4, 0.5) is 0 Å². The van der Waals surface area contributed by atoms with Crippen molar-refractivity contribution >= 4 is 23.7 Å². The summed E-state index contributed by atoms with van der Waals surface area (Å²) in [6.07, 6.45) is 0.692. The normalized spacial score (nSPS) is 12.0. The number of hydrogen-bond donors (Lipinski definition) is 2. The smallest absolute Gasteiger partial charge is 0.300 e. The Hall–Kier alpha value is -1.90. The van der Waals surface area contributed by atoms with E-state index in [1.165, 1.54) is 0 Å². The second-order valence-electron chi connectivity index (χ2n) is 5.09. The van der Waals surface area contributed by atoms with Crippen molar-refractivity contribution in [2.45, 2.75) is 25.9 Å². The van der Waals surface area contributed by atoms with Crippen molar-refractivity contribution in [3.8, 4) is 0 Å². The Morgan fingerprint density at radius 3 is 1.61 bits per heavy atom. The molecule has 5 heteroatoms. The first-order valence-electron chi connectivity index (χ1n) is 7.48. The van der Waals surface area contributed by atoms with Crippen LogP contribution in [0, 0.1) is 0 Å². The van der Waals surface area contributed by atoms with Crippen molar-refractivity contribution in [2.24, 2.45) is 0 Å². The fraction of sp³-hybridized carbons (Fsp3) is 0.278. The molecule has 124 valence electrons. The minimum Gasteiger partial charge on any atom is -0.481 e. The van der Waals surface area contributed by atoms with E-state index in [9.17, 15) is 9.67 Å². The minimum atomic E-state index is -2.78. The first-order chi connectivity index (χ1) is 11.0. The summed E-state index contributed by atoms with van der Waals surface area (Å²) < 4.78 is 13.6. The molecule has 0 amide bonds. The molecular weight excluding hydrogens is 311 g/mol. The average Bonchev–Trinajstić information content (AvgIpc) is 2.57. The van der Waals surface area contributed by atoms with Crippen molar-refractivity contribution < 1.29 is 19.6 Å². The molecule has 0 heterocycles. The molecule has 2 aromatic carbocycles. The third-order valence-corrected chi connectivity index (χ3v) is 7.16. The molecule has 1 unspecified atom stereocenters. The Morgan fingerprint density at radius 1 is 1.00 bits per heavy atom. The van der Waals surface area contributed by atoms with Crippen molar-refractivity contribution in [2.75, 3.05) is 6.61 Å². The monoisotopic (exact) mass is 334 g/mol. The van der Waals surface area contributed by atoms with Crippen LogP contribution < -0.4 is 10.6 Å². The molecule has 0 aromatic heterocycles. The molecule has 23 heavy (non-hydrogen) atoms. The molecule has 0 spiro atoms. The van der Waals surface area contributed by atoms with Gasteiger partial charge in [0.25, 0.3) is 5.97 Å². The van der Waals surface area contributed by atoms with Crippen LogP contribution in [-0.4, -0.2) is 28.4 Å². The molecule has 4 nitrogen and oxygen atoms in total. The second kappa shape index (κ2) is 9.29. The van der Waals surface area contributed by atoms with Gasteiger partial charge in [0.1, 0.15) is 7.14 Å². The zero-order valence-corrected chi connectivity index (χ0v) is 14.3. The number of carboxylic acid groups (broad SMARTS) is 1. The lowest BCUT2D eigenvalue weighted by molar-refractivity contribution is -0.134. The summed E-state index contributed by atoms with van der Waals surface area (Å²) in [4.78, 5) is 9.00. The number of benzene rings is 2. The third kappa shape index (κ3) is 5.05. The lowest BCUT2D eigenvalue weighted by atomic mass is 10.3. The Kier molecular flexibility index (Phi) is 7.73. The van der Waals surface area contributed by atoms with Gasteiger partial charge in [-0.3, -0.25) is 4.79 Å². The van der Waals surface area contributed by atoms with Gasteiger partial charge in [0.2, 0.25) is 0 Å². The Bertz CT molecular complexity index is 589. The molecule has 0 saturated heterocycles. The highest BCUT2D eigenvalue weighted by Gasteiger charge is 2.34. The van der Waals surface area contributed by atoms with Gasteiger partial charge in [-0.1, -0.05) is 67.6 Å². The highest BCUT2D eigenvalue weighted by molar-refractivity contribution is 7.79. The first-order valence-corrected chi connectivity index (χ1v) is 9.25. The Labute approximate surface area is 137 Å². The molecule has 2 rings (SSSR count). The fourth-order valence-corrected chi connectivity index (χ4v) is 5.49. The molecule has 2 N–H and O–H groups in total. The van der Waals surface area contributed by atoms with Crippen molar-refractivity contribution in [3.05, 3.63) is 60.7 Å². The summed E-state index contributed by atoms with van der Waals surface area (Å²) >= 11 is 0. The van der Waals surface area contributed by atoms with E-state index in [4.69, 9.17) is 9.90 Å². The number of aliphatic hydroxyl groups excluding tert-OH is 1. The molecule has 1 atom stereocenters. The summed E-state index contributed by atoms with van der Waals surface area (Å²) in [6, 6.07) is 19.0. The maximum Gasteiger partial charge on any atom is 0.300 e. The summed E-state index contributed by atoms with van der Waals surface area (Å²) in [7, 11) is -2.78. The van der Waals surface area contributed by atoms with Crippen LogP contribution >= 0.6 is 7.14 Å². The molecular formula is C18H23O4P. The predicted molar refractivity (Wildman–Crippen MR) is 94.2 cm³/mol. The van der Waals surface area contributed by atoms with E-state index in [-0.39, 0.29) is 12.3 Å². The summed E-state index contributed by atoms with van der Waals surface area (Å²) in [6.45, 7) is 3.00. The molecule has 0 fully saturated rings. The zero-order chi connectivity index (χ0) is 17.3. The molecule has 0 radical (unpaired) electrons. The number of hydrogen-bond acceptors (Lipinski definition) is 3. The van der Waals surface area contributed by atoms with Gasteiger partial charge in [-0.15, -0.1) is 0 Å². The minimum absolute atomic E-state index is 0.0580. The van der Waals surface area contributed by atoms with Gasteiger partial charge in [0.05, 0.1) is 6.61 Å². The molecule has 0 aliphatic rings. The van der Waals surface area contributed by atoms with E-state index in [1.807, 2.05) is 67.6 Å². The van der Waals surface area contributed by atoms with Crippen LogP contribution in [0.5, 0.6) is 0 Å². The van der Waals surface area contributed by atoms with E-state index >= 15 is 0 Å². The van der Waals surface area contributed by atoms with Gasteiger partial charge < -0.3 is 14.8 Å². The number of rotatable bonds is 5. The van der Waals surface area contributed by atoms with Crippen LogP contribution in [-0.2, 0) is 9.36 Å². The number of carboxylic acids is 1. The molecule has 2 aromatic rings. The fourth-order valence-electron chi connectivity index (χ4n) is 2.37. The number of carbonyl (C=O) groups is 1. The lowest BCUT2D eigenvalue weighted by Gasteiger charge is -2.26. The summed E-state index contributed by atoms with van der Waals surface area (Å²) in [5.74, 6) is -0.833. The van der Waals surface area contributed by atoms with Gasteiger partial charge in [-0.25, -0.2) is 0 Å². The summed E-state index contributed by atoms with van der Waals surface area (Å²) in [5, 5.41) is 18.7. The largest absolute Gasteiger partial charge is 0.481 e. The molecule has 0 bridgehead atoms. The quantitative estimate of drug-likeness (QED) is 0.825. The molecule has 0 aliphatic heterocycles. The van der Waals surface area contributed by atoms with Crippen molar-refractivity contribution in [3.63, 3.8) is 0 Å². The highest BCUT2D eigenvalue weighted by Crippen LogP contribution is 2.49. The maximum atomic E-state index is 13.6. The van der Waals surface area contributed by atoms with E-state index in [0.717, 1.165) is 17.5 Å². The Balaban J connectivity index is 0.000000593. The SMILES string of the molecule is CC(=O)O.CCC(CO)P(=O)(c1ccccc1)c1ccccc1. The first kappa shape index (κ1) is 19.1. The van der Waals surface area contributed by atoms with Crippen molar-refractivity contribution in [1.29, 1.82) is 0 Å². The van der Waals surface area contributed by atoms with E-state index in [1.54, 1.807) is 0 Å². The Morgan fingerprint density at radius 2 is 1.35 bits per heavy atom. The zero-order valence-electron chi connectivity index (χ0n) is 13.4. The number of aliphatic carboxylic acids is 1. The van der Waals surface area contributed by atoms with Gasteiger partial charge in [0, 0.05) is 23.2 Å². The molecule has 0 saturated carbocycles. The molecule has 0 aliphatic carbocycles. The average molecular weight is 334 g/mol. The third-order valence-electron chi connectivity index (χ3n) is 3.48. The summed E-state index contributed by atoms with van der Waals surface area (Å²) in [5.41, 5.74) is -0.225. The van der Waals surface area contributed by atoms with Gasteiger partial charge in [0.15, 0.2) is 0 Å². The lowest BCUT2D eigenvalue weighted by Crippen LogP contribution is -2.27. The van der Waals surface area contributed by atoms with Gasteiger partial charge in [-0.05, 0) is 6.42 Å². The van der Waals surface area contributed by atoms with Crippen LogP contribution in [0.15, 0.2) is 60.7 Å². The topological polar surface area (TPSA) is 74.6 Å². The van der Waals surface area contributed by atoms with E-state index in [0.29, 0.717) is 6.42 Å². The highest BCUT2D eigenvalue weighted by atomic mass is 31.2. The van der Waals surface area contributed by atoms with E-state index in [2.05, 4.69) is 0 Å². The predicted octanol–water partition coefficient (Wildman–Crippen LogP) is 2.86. The van der Waals surface area contributed by atoms with Crippen LogP contribution in [0.25, 0.3) is 0 Å². The van der Waals surface area contributed by atoms with Gasteiger partial charge in [-0.2, -0.15) is 0 Å². The van der Waals surface area contributed by atoms with Gasteiger partial charge >= 0.3 is 0 Å². The van der Waals surface area contributed by atoms with Crippen LogP contribution in [0.2, 0.25) is 0 Å². The standard InChI is InChI=1S/C16H19O2P.C2H4O2/c1-2-14(13-17)19(18,15-9-5-3-6-10-15)16-11-7-4-8-12-16;1-2(3)4/h3-12,14,17H,2,13H2,1H3;1H3,(H,3,4). The second-order valence-corrected chi connectivity index (χ2v) is 8.17.